The largest absolute Gasteiger partial charge is 0.383 e. The summed E-state index contributed by atoms with van der Waals surface area (Å²) in [4.78, 5) is 47.7. The molecular weight excluding hydrogens is 378 g/mol. The molecule has 0 saturated heterocycles. The maximum atomic E-state index is 13.1. The Morgan fingerprint density at radius 1 is 1.14 bits per heavy atom. The predicted molar refractivity (Wildman–Crippen MR) is 105 cm³/mol. The maximum Gasteiger partial charge on any atom is 0.333 e. The van der Waals surface area contributed by atoms with Gasteiger partial charge in [0.15, 0.2) is 11.2 Å². The number of carbonyl (C=O) groups is 1. The summed E-state index contributed by atoms with van der Waals surface area (Å²) in [6.07, 6.45) is 1.50. The van der Waals surface area contributed by atoms with Crippen LogP contribution in [-0.4, -0.2) is 57.5 Å². The quantitative estimate of drug-likeness (QED) is 0.496. The van der Waals surface area contributed by atoms with Crippen molar-refractivity contribution in [3.8, 4) is 0 Å². The van der Waals surface area contributed by atoms with E-state index in [0.29, 0.717) is 13.2 Å². The lowest BCUT2D eigenvalue weighted by molar-refractivity contribution is -0.169. The Hall–Kier alpha value is -3.24. The molecule has 0 aliphatic rings. The average Bonchev–Trinajstić information content (AvgIpc) is 3.16. The van der Waals surface area contributed by atoms with Crippen LogP contribution in [0.1, 0.15) is 5.56 Å². The third kappa shape index (κ3) is 4.13. The smallest absolute Gasteiger partial charge is 0.333 e. The van der Waals surface area contributed by atoms with Crippen molar-refractivity contribution < 1.29 is 14.4 Å². The molecule has 10 nitrogen and oxygen atoms in total. The number of amides is 1. The molecule has 2 aromatic heterocycles. The van der Waals surface area contributed by atoms with Gasteiger partial charge in [0.25, 0.3) is 11.5 Å². The minimum Gasteiger partial charge on any atom is -0.383 e. The van der Waals surface area contributed by atoms with Crippen LogP contribution in [0.25, 0.3) is 11.2 Å². The Morgan fingerprint density at radius 2 is 1.86 bits per heavy atom. The molecule has 1 aromatic carbocycles. The molecule has 0 N–H and O–H groups in total. The van der Waals surface area contributed by atoms with E-state index < -0.39 is 23.7 Å². The SMILES string of the molecule is COCCn1cnc2c1c(=O)n(CC(=O)N(C)OC)c(=O)n2Cc1ccccc1. The van der Waals surface area contributed by atoms with Gasteiger partial charge in [0.1, 0.15) is 6.54 Å². The Bertz CT molecular complexity index is 1120. The van der Waals surface area contributed by atoms with E-state index in [2.05, 4.69) is 4.98 Å². The molecule has 3 aromatic rings. The Labute approximate surface area is 166 Å². The molecule has 0 saturated carbocycles. The van der Waals surface area contributed by atoms with Gasteiger partial charge in [-0.05, 0) is 5.56 Å². The number of carbonyl (C=O) groups excluding carboxylic acids is 1. The van der Waals surface area contributed by atoms with Crippen LogP contribution in [0.4, 0.5) is 0 Å². The molecule has 0 radical (unpaired) electrons. The van der Waals surface area contributed by atoms with E-state index >= 15 is 0 Å². The third-order valence-electron chi connectivity index (χ3n) is 4.62. The second-order valence-electron chi connectivity index (χ2n) is 6.42. The monoisotopic (exact) mass is 401 g/mol. The van der Waals surface area contributed by atoms with E-state index in [0.717, 1.165) is 15.2 Å². The molecule has 29 heavy (non-hydrogen) atoms. The molecule has 1 amide bonds. The van der Waals surface area contributed by atoms with Gasteiger partial charge in [0.2, 0.25) is 0 Å². The highest BCUT2D eigenvalue weighted by Crippen LogP contribution is 2.10. The predicted octanol–water partition coefficient (Wildman–Crippen LogP) is 0.0742. The Balaban J connectivity index is 2.19. The topological polar surface area (TPSA) is 101 Å². The minimum absolute atomic E-state index is 0.214. The minimum atomic E-state index is -0.610. The number of ether oxygens (including phenoxy) is 1. The molecule has 0 aliphatic heterocycles. The second kappa shape index (κ2) is 8.84. The zero-order valence-electron chi connectivity index (χ0n) is 16.6. The zero-order valence-corrected chi connectivity index (χ0v) is 16.6. The second-order valence-corrected chi connectivity index (χ2v) is 6.42. The molecule has 2 heterocycles. The molecule has 3 rings (SSSR count). The van der Waals surface area contributed by atoms with Gasteiger partial charge in [-0.15, -0.1) is 0 Å². The van der Waals surface area contributed by atoms with E-state index in [4.69, 9.17) is 9.57 Å². The van der Waals surface area contributed by atoms with Crippen molar-refractivity contribution in [2.24, 2.45) is 0 Å². The van der Waals surface area contributed by atoms with Crippen LogP contribution < -0.4 is 11.2 Å². The number of hydroxylamine groups is 2. The van der Waals surface area contributed by atoms with Crippen molar-refractivity contribution in [3.05, 3.63) is 63.1 Å². The summed E-state index contributed by atoms with van der Waals surface area (Å²) in [5, 5.41) is 0.972. The first-order valence-corrected chi connectivity index (χ1v) is 9.00. The first-order valence-electron chi connectivity index (χ1n) is 9.00. The normalized spacial score (nSPS) is 11.1. The van der Waals surface area contributed by atoms with Crippen LogP contribution in [0.3, 0.4) is 0 Å². The number of rotatable bonds is 8. The highest BCUT2D eigenvalue weighted by Gasteiger charge is 2.21. The van der Waals surface area contributed by atoms with Gasteiger partial charge in [0, 0.05) is 20.7 Å². The van der Waals surface area contributed by atoms with Gasteiger partial charge < -0.3 is 9.30 Å². The van der Waals surface area contributed by atoms with E-state index in [-0.39, 0.29) is 17.7 Å². The summed E-state index contributed by atoms with van der Waals surface area (Å²) in [6.45, 7) is 0.528. The number of benzene rings is 1. The van der Waals surface area contributed by atoms with Gasteiger partial charge in [-0.3, -0.25) is 19.0 Å². The highest BCUT2D eigenvalue weighted by molar-refractivity contribution is 5.75. The van der Waals surface area contributed by atoms with Crippen molar-refractivity contribution in [2.45, 2.75) is 19.6 Å². The molecule has 10 heteroatoms. The molecule has 0 spiro atoms. The number of likely N-dealkylation sites (N-methyl/N-ethyl adjacent to an activating group) is 1. The first kappa shape index (κ1) is 20.5. The number of imidazole rings is 1. The van der Waals surface area contributed by atoms with E-state index in [1.165, 1.54) is 25.1 Å². The number of fused-ring (bicyclic) bond motifs is 1. The maximum absolute atomic E-state index is 13.1. The van der Waals surface area contributed by atoms with Gasteiger partial charge in [0.05, 0.1) is 26.6 Å². The summed E-state index contributed by atoms with van der Waals surface area (Å²) in [5.74, 6) is -0.528. The zero-order chi connectivity index (χ0) is 21.0. The van der Waals surface area contributed by atoms with Crippen molar-refractivity contribution in [1.82, 2.24) is 23.7 Å². The summed E-state index contributed by atoms with van der Waals surface area (Å²) in [7, 11) is 4.30. The van der Waals surface area contributed by atoms with Crippen molar-refractivity contribution in [1.29, 1.82) is 0 Å². The number of aromatic nitrogens is 4. The van der Waals surface area contributed by atoms with Crippen molar-refractivity contribution >= 4 is 17.1 Å². The van der Waals surface area contributed by atoms with Crippen molar-refractivity contribution in [3.63, 3.8) is 0 Å². The third-order valence-corrected chi connectivity index (χ3v) is 4.62. The van der Waals surface area contributed by atoms with E-state index in [1.807, 2.05) is 30.3 Å². The molecular formula is C19H23N5O5. The fraction of sp³-hybridized carbons (Fsp3) is 0.368. The lowest BCUT2D eigenvalue weighted by atomic mass is 10.2. The van der Waals surface area contributed by atoms with Gasteiger partial charge in [-0.1, -0.05) is 30.3 Å². The highest BCUT2D eigenvalue weighted by atomic mass is 16.7. The molecule has 0 atom stereocenters. The van der Waals surface area contributed by atoms with Gasteiger partial charge in [-0.25, -0.2) is 19.4 Å². The van der Waals surface area contributed by atoms with E-state index in [9.17, 15) is 14.4 Å². The van der Waals surface area contributed by atoms with Crippen LogP contribution in [0, 0.1) is 0 Å². The van der Waals surface area contributed by atoms with Gasteiger partial charge >= 0.3 is 5.69 Å². The van der Waals surface area contributed by atoms with Crippen LogP contribution in [0.5, 0.6) is 0 Å². The number of methoxy groups -OCH3 is 1. The van der Waals surface area contributed by atoms with Crippen LogP contribution >= 0.6 is 0 Å². The number of nitrogens with zero attached hydrogens (tertiary/aromatic N) is 5. The summed E-state index contributed by atoms with van der Waals surface area (Å²) >= 11 is 0. The number of hydrogen-bond donors (Lipinski definition) is 0. The standard InChI is InChI=1S/C19H23N5O5/c1-21(29-3)15(25)12-24-18(26)16-17(20-13-22(16)9-10-28-2)23(19(24)27)11-14-7-5-4-6-8-14/h4-8,13H,9-12H2,1-3H3. The molecule has 154 valence electrons. The van der Waals surface area contributed by atoms with Crippen molar-refractivity contribution in [2.75, 3.05) is 27.9 Å². The first-order chi connectivity index (χ1) is 14.0. The Morgan fingerprint density at radius 3 is 2.52 bits per heavy atom. The van der Waals surface area contributed by atoms with E-state index in [1.54, 1.807) is 11.7 Å². The average molecular weight is 401 g/mol. The summed E-state index contributed by atoms with van der Waals surface area (Å²) < 4.78 is 9.03. The van der Waals surface area contributed by atoms with Crippen LogP contribution in [0.15, 0.2) is 46.2 Å². The number of hydrogen-bond acceptors (Lipinski definition) is 6. The van der Waals surface area contributed by atoms with Gasteiger partial charge in [-0.2, -0.15) is 0 Å². The molecule has 0 fully saturated rings. The molecule has 0 aliphatic carbocycles. The van der Waals surface area contributed by atoms with Crippen LogP contribution in [-0.2, 0) is 34.0 Å². The lowest BCUT2D eigenvalue weighted by Crippen LogP contribution is -2.44. The lowest BCUT2D eigenvalue weighted by Gasteiger charge is -2.16. The fourth-order valence-electron chi connectivity index (χ4n) is 2.98. The summed E-state index contributed by atoms with van der Waals surface area (Å²) in [5.41, 5.74) is 0.184. The Kier molecular flexibility index (Phi) is 6.25. The fourth-order valence-corrected chi connectivity index (χ4v) is 2.98. The van der Waals surface area contributed by atoms with Crippen LogP contribution in [0.2, 0.25) is 0 Å². The molecule has 0 bridgehead atoms. The summed E-state index contributed by atoms with van der Waals surface area (Å²) in [6, 6.07) is 9.35. The molecule has 0 unspecified atom stereocenters.